The minimum absolute atomic E-state index is 0.0778. The van der Waals surface area contributed by atoms with Crippen LogP contribution in [0.3, 0.4) is 0 Å². The number of phenols is 2. The quantitative estimate of drug-likeness (QED) is 0.383. The molecule has 0 spiro atoms. The van der Waals surface area contributed by atoms with E-state index in [9.17, 15) is 25.2 Å². The molecule has 1 aliphatic rings. The van der Waals surface area contributed by atoms with Crippen molar-refractivity contribution in [3.05, 3.63) is 51.7 Å². The summed E-state index contributed by atoms with van der Waals surface area (Å²) in [6.07, 6.45) is 0.402. The van der Waals surface area contributed by atoms with Crippen molar-refractivity contribution in [2.24, 2.45) is 0 Å². The molecule has 0 saturated heterocycles. The van der Waals surface area contributed by atoms with Gasteiger partial charge < -0.3 is 29.6 Å². The number of fused-ring (bicyclic) bond motifs is 4. The van der Waals surface area contributed by atoms with Crippen LogP contribution >= 0.6 is 0 Å². The molecule has 1 aliphatic heterocycles. The molecule has 2 heterocycles. The Morgan fingerprint density at radius 3 is 2.63 bits per heavy atom. The Hall–Kier alpha value is -3.03. The molecule has 1 aromatic heterocycles. The predicted molar refractivity (Wildman–Crippen MR) is 112 cm³/mol. The monoisotopic (exact) mass is 412 g/mol. The van der Waals surface area contributed by atoms with Gasteiger partial charge in [0.15, 0.2) is 5.58 Å². The Morgan fingerprint density at radius 1 is 1.20 bits per heavy atom. The third-order valence-electron chi connectivity index (χ3n) is 5.67. The second kappa shape index (κ2) is 7.04. The molecular formula is C23H24O7. The highest BCUT2D eigenvalue weighted by atomic mass is 16.5. The smallest absolute Gasteiger partial charge is 0.204 e. The number of aliphatic hydroxyl groups is 2. The summed E-state index contributed by atoms with van der Waals surface area (Å²) in [6, 6.07) is 5.30. The van der Waals surface area contributed by atoms with Gasteiger partial charge in [-0.05, 0) is 45.7 Å². The highest BCUT2D eigenvalue weighted by molar-refractivity contribution is 5.96. The van der Waals surface area contributed by atoms with E-state index in [4.69, 9.17) is 9.15 Å². The minimum Gasteiger partial charge on any atom is -0.508 e. The third-order valence-corrected chi connectivity index (χ3v) is 5.67. The van der Waals surface area contributed by atoms with Crippen molar-refractivity contribution < 1.29 is 29.6 Å². The SMILES string of the molecule is CC(C)=CCCC1(C)Oc2cc(O)c3c(=O)c4ccc(O)cc4oc3c2C(O)C1O. The summed E-state index contributed by atoms with van der Waals surface area (Å²) < 4.78 is 11.8. The molecule has 4 N–H and O–H groups in total. The van der Waals surface area contributed by atoms with Gasteiger partial charge in [0.2, 0.25) is 5.43 Å². The zero-order valence-electron chi connectivity index (χ0n) is 17.0. The number of allylic oxidation sites excluding steroid dienone is 2. The van der Waals surface area contributed by atoms with Crippen LogP contribution in [0.15, 0.2) is 45.1 Å². The highest BCUT2D eigenvalue weighted by Gasteiger charge is 2.46. The molecular weight excluding hydrogens is 388 g/mol. The topological polar surface area (TPSA) is 120 Å². The van der Waals surface area contributed by atoms with Crippen molar-refractivity contribution in [3.8, 4) is 17.2 Å². The lowest BCUT2D eigenvalue weighted by Crippen LogP contribution is -2.51. The van der Waals surface area contributed by atoms with Crippen LogP contribution in [0.1, 0.15) is 45.3 Å². The van der Waals surface area contributed by atoms with Crippen molar-refractivity contribution in [1.29, 1.82) is 0 Å². The lowest BCUT2D eigenvalue weighted by atomic mass is 9.83. The molecule has 0 amide bonds. The summed E-state index contributed by atoms with van der Waals surface area (Å²) in [5.74, 6) is -0.300. The molecule has 7 heteroatoms. The van der Waals surface area contributed by atoms with Crippen LogP contribution in [-0.2, 0) is 0 Å². The van der Waals surface area contributed by atoms with Gasteiger partial charge in [0.05, 0.1) is 10.9 Å². The fourth-order valence-electron chi connectivity index (χ4n) is 4.00. The van der Waals surface area contributed by atoms with E-state index < -0.39 is 23.2 Å². The summed E-state index contributed by atoms with van der Waals surface area (Å²) in [4.78, 5) is 12.9. The lowest BCUT2D eigenvalue weighted by molar-refractivity contribution is -0.123. The number of aliphatic hydroxyl groups excluding tert-OH is 2. The van der Waals surface area contributed by atoms with Crippen LogP contribution < -0.4 is 10.2 Å². The van der Waals surface area contributed by atoms with Crippen molar-refractivity contribution in [1.82, 2.24) is 0 Å². The molecule has 0 radical (unpaired) electrons. The van der Waals surface area contributed by atoms with E-state index >= 15 is 0 Å². The van der Waals surface area contributed by atoms with E-state index in [1.54, 1.807) is 6.92 Å². The fraction of sp³-hybridized carbons (Fsp3) is 0.348. The first kappa shape index (κ1) is 20.3. The van der Waals surface area contributed by atoms with Crippen molar-refractivity contribution in [3.63, 3.8) is 0 Å². The zero-order chi connectivity index (χ0) is 21.8. The van der Waals surface area contributed by atoms with Gasteiger partial charge in [-0.15, -0.1) is 0 Å². The molecule has 30 heavy (non-hydrogen) atoms. The number of hydrogen-bond donors (Lipinski definition) is 4. The van der Waals surface area contributed by atoms with Crippen LogP contribution in [0, 0.1) is 0 Å². The Bertz CT molecular complexity index is 1240. The van der Waals surface area contributed by atoms with E-state index in [1.165, 1.54) is 24.3 Å². The van der Waals surface area contributed by atoms with Gasteiger partial charge >= 0.3 is 0 Å². The largest absolute Gasteiger partial charge is 0.508 e. The van der Waals surface area contributed by atoms with Crippen molar-refractivity contribution >= 4 is 21.9 Å². The van der Waals surface area contributed by atoms with Crippen LogP contribution in [0.5, 0.6) is 17.2 Å². The van der Waals surface area contributed by atoms with Crippen molar-refractivity contribution in [2.75, 3.05) is 0 Å². The normalized spacial score (nSPS) is 23.2. The number of ether oxygens (including phenoxy) is 1. The third kappa shape index (κ3) is 3.11. The lowest BCUT2D eigenvalue weighted by Gasteiger charge is -2.42. The summed E-state index contributed by atoms with van der Waals surface area (Å²) in [5, 5.41) is 42.1. The highest BCUT2D eigenvalue weighted by Crippen LogP contribution is 2.47. The molecule has 158 valence electrons. The number of hydrogen-bond acceptors (Lipinski definition) is 7. The van der Waals surface area contributed by atoms with E-state index in [2.05, 4.69) is 0 Å². The molecule has 0 bridgehead atoms. The van der Waals surface area contributed by atoms with Gasteiger partial charge in [-0.1, -0.05) is 11.6 Å². The first-order valence-electron chi connectivity index (χ1n) is 9.76. The zero-order valence-corrected chi connectivity index (χ0v) is 17.0. The molecule has 0 aliphatic carbocycles. The van der Waals surface area contributed by atoms with Crippen LogP contribution in [0.4, 0.5) is 0 Å². The van der Waals surface area contributed by atoms with Gasteiger partial charge in [-0.3, -0.25) is 4.79 Å². The molecule has 4 rings (SSSR count). The van der Waals surface area contributed by atoms with Crippen LogP contribution in [-0.4, -0.2) is 32.1 Å². The molecule has 7 nitrogen and oxygen atoms in total. The molecule has 3 aromatic rings. The maximum atomic E-state index is 12.9. The van der Waals surface area contributed by atoms with Gasteiger partial charge in [0.1, 0.15) is 46.0 Å². The summed E-state index contributed by atoms with van der Waals surface area (Å²) >= 11 is 0. The van der Waals surface area contributed by atoms with Gasteiger partial charge in [0, 0.05) is 12.1 Å². The number of benzene rings is 2. The fourth-order valence-corrected chi connectivity index (χ4v) is 4.00. The molecule has 2 aromatic carbocycles. The van der Waals surface area contributed by atoms with E-state index in [1.807, 2.05) is 19.9 Å². The summed E-state index contributed by atoms with van der Waals surface area (Å²) in [6.45, 7) is 5.64. The molecule has 3 unspecified atom stereocenters. The number of aromatic hydroxyl groups is 2. The maximum absolute atomic E-state index is 12.9. The number of phenolic OH excluding ortho intramolecular Hbond substituents is 2. The molecule has 0 fully saturated rings. The van der Waals surface area contributed by atoms with Crippen LogP contribution in [0.25, 0.3) is 21.9 Å². The number of rotatable bonds is 3. The standard InChI is InChI=1S/C23H24O7/c1-11(2)5-4-8-23(3)22(28)20(27)18-16(30-23)10-14(25)17-19(26)13-7-6-12(24)9-15(13)29-21(17)18/h5-7,9-10,20,22,24-25,27-28H,4,8H2,1-3H3. The van der Waals surface area contributed by atoms with E-state index in [-0.39, 0.29) is 44.8 Å². The predicted octanol–water partition coefficient (Wildman–Crippen LogP) is 3.65. The average Bonchev–Trinajstić information content (AvgIpc) is 2.65. The Morgan fingerprint density at radius 2 is 1.93 bits per heavy atom. The van der Waals surface area contributed by atoms with E-state index in [0.29, 0.717) is 12.8 Å². The second-order valence-electron chi connectivity index (χ2n) is 8.25. The first-order chi connectivity index (χ1) is 14.1. The van der Waals surface area contributed by atoms with Gasteiger partial charge in [-0.2, -0.15) is 0 Å². The van der Waals surface area contributed by atoms with Gasteiger partial charge in [-0.25, -0.2) is 0 Å². The van der Waals surface area contributed by atoms with Crippen LogP contribution in [0.2, 0.25) is 0 Å². The molecule has 3 atom stereocenters. The van der Waals surface area contributed by atoms with E-state index in [0.717, 1.165) is 5.57 Å². The summed E-state index contributed by atoms with van der Waals surface area (Å²) in [5.41, 5.74) is -0.369. The van der Waals surface area contributed by atoms with Crippen molar-refractivity contribution in [2.45, 2.75) is 51.4 Å². The molecule has 0 saturated carbocycles. The Labute approximate surface area is 172 Å². The maximum Gasteiger partial charge on any atom is 0.204 e. The summed E-state index contributed by atoms with van der Waals surface area (Å²) in [7, 11) is 0. The Balaban J connectivity index is 1.93. The first-order valence-corrected chi connectivity index (χ1v) is 9.76. The average molecular weight is 412 g/mol. The minimum atomic E-state index is -1.40. The van der Waals surface area contributed by atoms with Gasteiger partial charge in [0.25, 0.3) is 0 Å². The Kier molecular flexibility index (Phi) is 4.75. The second-order valence-corrected chi connectivity index (χ2v) is 8.25.